The van der Waals surface area contributed by atoms with E-state index in [4.69, 9.17) is 16.3 Å². The molecule has 0 saturated carbocycles. The molecule has 172 valence electrons. The number of pyridine rings is 1. The van der Waals surface area contributed by atoms with E-state index in [0.29, 0.717) is 11.2 Å². The number of benzene rings is 3. The van der Waals surface area contributed by atoms with Crippen LogP contribution in [0.4, 0.5) is 11.4 Å². The first-order valence-corrected chi connectivity index (χ1v) is 10.9. The molecule has 1 aliphatic rings. The average Bonchev–Trinajstić information content (AvgIpc) is 3.12. The van der Waals surface area contributed by atoms with Gasteiger partial charge in [0.2, 0.25) is 0 Å². The van der Waals surface area contributed by atoms with E-state index >= 15 is 0 Å². The van der Waals surface area contributed by atoms with Crippen molar-refractivity contribution in [1.29, 1.82) is 0 Å². The minimum Gasteiger partial charge on any atom is -0.452 e. The Bertz CT molecular complexity index is 1530. The number of ether oxygens (including phenoxy) is 1. The molecule has 0 unspecified atom stereocenters. The molecular weight excluding hydrogens is 470 g/mol. The Morgan fingerprint density at radius 1 is 0.914 bits per heavy atom. The molecule has 3 amide bonds. The Balaban J connectivity index is 1.29. The molecule has 0 radical (unpaired) electrons. The fourth-order valence-electron chi connectivity index (χ4n) is 3.83. The summed E-state index contributed by atoms with van der Waals surface area (Å²) in [6.07, 6.45) is 1.65. The number of anilines is 2. The Hall–Kier alpha value is -4.56. The van der Waals surface area contributed by atoms with Crippen LogP contribution in [0.15, 0.2) is 79.0 Å². The van der Waals surface area contributed by atoms with E-state index in [9.17, 15) is 19.2 Å². The van der Waals surface area contributed by atoms with Gasteiger partial charge in [0.25, 0.3) is 17.7 Å². The first-order valence-electron chi connectivity index (χ1n) is 10.5. The summed E-state index contributed by atoms with van der Waals surface area (Å²) in [6.45, 7) is -0.537. The average molecular weight is 486 g/mol. The molecule has 0 bridgehead atoms. The molecule has 3 aromatic carbocycles. The molecule has 0 aliphatic carbocycles. The van der Waals surface area contributed by atoms with Gasteiger partial charge in [-0.2, -0.15) is 0 Å². The SMILES string of the molecule is O=C(COC(=O)c1ccc2c(c1)C(=O)N(c1ccccc1Cl)C2=O)Nc1cccc2ncccc12. The Kier molecular flexibility index (Phi) is 5.72. The van der Waals surface area contributed by atoms with Gasteiger partial charge in [-0.3, -0.25) is 19.4 Å². The number of fused-ring (bicyclic) bond motifs is 2. The van der Waals surface area contributed by atoms with Crippen molar-refractivity contribution in [3.05, 3.63) is 101 Å². The van der Waals surface area contributed by atoms with Crippen LogP contribution in [-0.4, -0.2) is 35.3 Å². The summed E-state index contributed by atoms with van der Waals surface area (Å²) < 4.78 is 5.13. The molecule has 1 N–H and O–H groups in total. The van der Waals surface area contributed by atoms with E-state index in [0.717, 1.165) is 10.3 Å². The van der Waals surface area contributed by atoms with Crippen molar-refractivity contribution in [3.8, 4) is 0 Å². The summed E-state index contributed by atoms with van der Waals surface area (Å²) in [5.74, 6) is -2.48. The third-order valence-corrected chi connectivity index (χ3v) is 5.79. The van der Waals surface area contributed by atoms with Crippen molar-refractivity contribution in [2.24, 2.45) is 0 Å². The number of hydrogen-bond acceptors (Lipinski definition) is 6. The molecule has 9 heteroatoms. The molecule has 0 atom stereocenters. The van der Waals surface area contributed by atoms with Crippen molar-refractivity contribution in [3.63, 3.8) is 0 Å². The van der Waals surface area contributed by atoms with Gasteiger partial charge in [-0.05, 0) is 54.6 Å². The van der Waals surface area contributed by atoms with Gasteiger partial charge in [0.05, 0.1) is 38.6 Å². The van der Waals surface area contributed by atoms with Crippen molar-refractivity contribution in [2.45, 2.75) is 0 Å². The molecule has 1 aliphatic heterocycles. The predicted molar refractivity (Wildman–Crippen MR) is 130 cm³/mol. The van der Waals surface area contributed by atoms with E-state index in [1.54, 1.807) is 48.7 Å². The van der Waals surface area contributed by atoms with Gasteiger partial charge >= 0.3 is 5.97 Å². The van der Waals surface area contributed by atoms with Gasteiger partial charge in [-0.25, -0.2) is 9.69 Å². The summed E-state index contributed by atoms with van der Waals surface area (Å²) in [6, 6.07) is 19.4. The largest absolute Gasteiger partial charge is 0.452 e. The third-order valence-electron chi connectivity index (χ3n) is 5.47. The lowest BCUT2D eigenvalue weighted by Crippen LogP contribution is -2.29. The molecule has 8 nitrogen and oxygen atoms in total. The maximum absolute atomic E-state index is 12.9. The zero-order valence-electron chi connectivity index (χ0n) is 18.0. The number of carbonyl (C=O) groups excluding carboxylic acids is 4. The minimum atomic E-state index is -0.807. The highest BCUT2D eigenvalue weighted by atomic mass is 35.5. The first kappa shape index (κ1) is 22.2. The highest BCUT2D eigenvalue weighted by molar-refractivity contribution is 6.39. The first-order chi connectivity index (χ1) is 16.9. The van der Waals surface area contributed by atoms with Crippen molar-refractivity contribution in [2.75, 3.05) is 16.8 Å². The monoisotopic (exact) mass is 485 g/mol. The second-order valence-electron chi connectivity index (χ2n) is 7.66. The van der Waals surface area contributed by atoms with Crippen LogP contribution in [0.25, 0.3) is 10.9 Å². The standard InChI is InChI=1S/C26H16ClN3O5/c27-19-6-1-2-9-22(19)30-24(32)16-11-10-15(13-18(16)25(30)33)26(34)35-14-23(31)29-21-8-3-7-20-17(21)5-4-12-28-20/h1-13H,14H2,(H,29,31). The number of halogens is 1. The van der Waals surface area contributed by atoms with Gasteiger partial charge in [-0.15, -0.1) is 0 Å². The van der Waals surface area contributed by atoms with E-state index < -0.39 is 30.3 Å². The maximum atomic E-state index is 12.9. The molecule has 1 aromatic heterocycles. The van der Waals surface area contributed by atoms with Gasteiger partial charge in [0.1, 0.15) is 0 Å². The second-order valence-corrected chi connectivity index (χ2v) is 8.06. The fourth-order valence-corrected chi connectivity index (χ4v) is 4.05. The zero-order valence-corrected chi connectivity index (χ0v) is 18.8. The van der Waals surface area contributed by atoms with Crippen LogP contribution in [0.3, 0.4) is 0 Å². The Morgan fingerprint density at radius 3 is 2.54 bits per heavy atom. The molecular formula is C26H16ClN3O5. The number of esters is 1. The Labute approximate surface area is 204 Å². The van der Waals surface area contributed by atoms with E-state index in [1.165, 1.54) is 18.2 Å². The number of imide groups is 1. The lowest BCUT2D eigenvalue weighted by atomic mass is 10.1. The predicted octanol–water partition coefficient (Wildman–Crippen LogP) is 4.48. The molecule has 0 saturated heterocycles. The number of nitrogens with one attached hydrogen (secondary N) is 1. The van der Waals surface area contributed by atoms with Crippen LogP contribution < -0.4 is 10.2 Å². The summed E-state index contributed by atoms with van der Waals surface area (Å²) in [7, 11) is 0. The van der Waals surface area contributed by atoms with Gasteiger partial charge in [-0.1, -0.05) is 29.8 Å². The van der Waals surface area contributed by atoms with Crippen molar-refractivity contribution >= 4 is 57.6 Å². The van der Waals surface area contributed by atoms with E-state index in [-0.39, 0.29) is 27.4 Å². The van der Waals surface area contributed by atoms with E-state index in [2.05, 4.69) is 10.3 Å². The molecule has 0 fully saturated rings. The van der Waals surface area contributed by atoms with Gasteiger partial charge < -0.3 is 10.1 Å². The van der Waals surface area contributed by atoms with Crippen LogP contribution in [-0.2, 0) is 9.53 Å². The number of para-hydroxylation sites is 1. The van der Waals surface area contributed by atoms with E-state index in [1.807, 2.05) is 12.1 Å². The molecule has 0 spiro atoms. The van der Waals surface area contributed by atoms with Crippen LogP contribution in [0.1, 0.15) is 31.1 Å². The molecule has 4 aromatic rings. The number of rotatable bonds is 5. The summed E-state index contributed by atoms with van der Waals surface area (Å²) in [4.78, 5) is 55.9. The zero-order chi connectivity index (χ0) is 24.5. The number of nitrogens with zero attached hydrogens (tertiary/aromatic N) is 2. The lowest BCUT2D eigenvalue weighted by molar-refractivity contribution is -0.119. The van der Waals surface area contributed by atoms with Crippen LogP contribution in [0, 0.1) is 0 Å². The van der Waals surface area contributed by atoms with Crippen molar-refractivity contribution in [1.82, 2.24) is 4.98 Å². The topological polar surface area (TPSA) is 106 Å². The number of hydrogen-bond donors (Lipinski definition) is 1. The van der Waals surface area contributed by atoms with Gasteiger partial charge in [0, 0.05) is 11.6 Å². The highest BCUT2D eigenvalue weighted by Crippen LogP contribution is 2.33. The van der Waals surface area contributed by atoms with Crippen LogP contribution in [0.2, 0.25) is 5.02 Å². The molecule has 2 heterocycles. The number of amides is 3. The number of aromatic nitrogens is 1. The Morgan fingerprint density at radius 2 is 1.71 bits per heavy atom. The summed E-state index contributed by atoms with van der Waals surface area (Å²) in [5.41, 5.74) is 1.74. The van der Waals surface area contributed by atoms with Crippen LogP contribution >= 0.6 is 11.6 Å². The van der Waals surface area contributed by atoms with Gasteiger partial charge in [0.15, 0.2) is 6.61 Å². The van der Waals surface area contributed by atoms with Crippen LogP contribution in [0.5, 0.6) is 0 Å². The minimum absolute atomic E-state index is 0.0352. The molecule has 5 rings (SSSR count). The maximum Gasteiger partial charge on any atom is 0.338 e. The fraction of sp³-hybridized carbons (Fsp3) is 0.0385. The quantitative estimate of drug-likeness (QED) is 0.330. The normalized spacial score (nSPS) is 12.5. The lowest BCUT2D eigenvalue weighted by Gasteiger charge is -2.15. The van der Waals surface area contributed by atoms with Crippen molar-refractivity contribution < 1.29 is 23.9 Å². The molecule has 35 heavy (non-hydrogen) atoms. The second kappa shape index (κ2) is 9.00. The number of carbonyl (C=O) groups is 4. The summed E-state index contributed by atoms with van der Waals surface area (Å²) >= 11 is 6.16. The highest BCUT2D eigenvalue weighted by Gasteiger charge is 2.38. The third kappa shape index (κ3) is 4.11. The summed E-state index contributed by atoms with van der Waals surface area (Å²) in [5, 5.41) is 3.70. The smallest absolute Gasteiger partial charge is 0.338 e.